The Labute approximate surface area is 191 Å². The van der Waals surface area contributed by atoms with Crippen LogP contribution in [0.4, 0.5) is 10.1 Å². The smallest absolute Gasteiger partial charge is 0.209 e. The number of ether oxygens (including phenoxy) is 3. The first-order chi connectivity index (χ1) is 15.6. The summed E-state index contributed by atoms with van der Waals surface area (Å²) in [5, 5.41) is 3.45. The Morgan fingerprint density at radius 1 is 1.00 bits per heavy atom. The number of nitrogens with one attached hydrogen (secondary N) is 1. The van der Waals surface area contributed by atoms with Crippen LogP contribution in [0.3, 0.4) is 0 Å². The molecule has 0 saturated carbocycles. The second-order valence-electron chi connectivity index (χ2n) is 7.51. The molecule has 2 aliphatic rings. The highest BCUT2D eigenvalue weighted by molar-refractivity contribution is 7.80. The van der Waals surface area contributed by atoms with Crippen molar-refractivity contribution >= 4 is 22.9 Å². The molecule has 2 aliphatic heterocycles. The summed E-state index contributed by atoms with van der Waals surface area (Å²) in [5.74, 6) is 2.38. The summed E-state index contributed by atoms with van der Waals surface area (Å²) in [6, 6.07) is 19.9. The van der Waals surface area contributed by atoms with E-state index in [9.17, 15) is 4.39 Å². The molecular formula is C25H21FN2O3S. The van der Waals surface area contributed by atoms with E-state index in [0.29, 0.717) is 28.8 Å². The third-order valence-corrected chi connectivity index (χ3v) is 6.02. The highest BCUT2D eigenvalue weighted by Gasteiger charge is 2.38. The zero-order valence-corrected chi connectivity index (χ0v) is 18.4. The summed E-state index contributed by atoms with van der Waals surface area (Å²) in [5.41, 5.74) is 3.59. The predicted molar refractivity (Wildman–Crippen MR) is 125 cm³/mol. The topological polar surface area (TPSA) is 43.0 Å². The maximum Gasteiger partial charge on any atom is 0.209 e. The largest absolute Gasteiger partial charge is 0.497 e. The van der Waals surface area contributed by atoms with Crippen LogP contribution in [-0.2, 0) is 6.42 Å². The number of halogens is 1. The molecule has 3 aromatic rings. The summed E-state index contributed by atoms with van der Waals surface area (Å²) in [6.07, 6.45) is 0.245. The van der Waals surface area contributed by atoms with Crippen molar-refractivity contribution in [3.63, 3.8) is 0 Å². The van der Waals surface area contributed by atoms with E-state index in [2.05, 4.69) is 5.32 Å². The molecule has 0 fully saturated rings. The highest BCUT2D eigenvalue weighted by Crippen LogP contribution is 2.44. The maximum atomic E-state index is 13.7. The van der Waals surface area contributed by atoms with Crippen LogP contribution in [0, 0.1) is 5.82 Å². The lowest BCUT2D eigenvalue weighted by atomic mass is 9.98. The Morgan fingerprint density at radius 3 is 2.44 bits per heavy atom. The third kappa shape index (κ3) is 3.44. The van der Waals surface area contributed by atoms with Gasteiger partial charge in [0.15, 0.2) is 11.5 Å². The van der Waals surface area contributed by atoms with Crippen molar-refractivity contribution < 1.29 is 18.6 Å². The molecule has 0 amide bonds. The van der Waals surface area contributed by atoms with Gasteiger partial charge in [-0.05, 0) is 48.0 Å². The van der Waals surface area contributed by atoms with Gasteiger partial charge in [0, 0.05) is 17.7 Å². The van der Waals surface area contributed by atoms with Gasteiger partial charge in [-0.3, -0.25) is 4.90 Å². The van der Waals surface area contributed by atoms with Gasteiger partial charge >= 0.3 is 0 Å². The molecule has 3 aromatic carbocycles. The number of rotatable bonds is 4. The highest BCUT2D eigenvalue weighted by atomic mass is 32.1. The summed E-state index contributed by atoms with van der Waals surface area (Å²) in [4.78, 5) is 2.62. The van der Waals surface area contributed by atoms with Crippen molar-refractivity contribution in [1.29, 1.82) is 0 Å². The quantitative estimate of drug-likeness (QED) is 0.559. The van der Waals surface area contributed by atoms with E-state index in [-0.39, 0.29) is 12.0 Å². The van der Waals surface area contributed by atoms with Crippen molar-refractivity contribution in [2.45, 2.75) is 12.6 Å². The van der Waals surface area contributed by atoms with Crippen LogP contribution in [0.25, 0.3) is 0 Å². The minimum atomic E-state index is -0.353. The normalized spacial score (nSPS) is 17.2. The van der Waals surface area contributed by atoms with E-state index in [1.165, 1.54) is 12.1 Å². The lowest BCUT2D eigenvalue weighted by Gasteiger charge is -2.43. The lowest BCUT2D eigenvalue weighted by molar-refractivity contribution is 0.327. The maximum absolute atomic E-state index is 13.7. The number of hydrogen-bond acceptors (Lipinski definition) is 5. The molecule has 2 heterocycles. The number of nitrogens with zero attached hydrogens (tertiary/aromatic N) is 1. The van der Waals surface area contributed by atoms with Crippen LogP contribution >= 0.6 is 12.2 Å². The molecule has 0 spiro atoms. The van der Waals surface area contributed by atoms with Gasteiger partial charge < -0.3 is 19.5 Å². The number of para-hydroxylation sites is 1. The lowest BCUT2D eigenvalue weighted by Crippen LogP contribution is -2.49. The monoisotopic (exact) mass is 448 g/mol. The van der Waals surface area contributed by atoms with Gasteiger partial charge in [-0.2, -0.15) is 0 Å². The number of fused-ring (bicyclic) bond motifs is 1. The number of hydrogen-bond donors (Lipinski definition) is 1. The van der Waals surface area contributed by atoms with Crippen molar-refractivity contribution in [3.05, 3.63) is 95.1 Å². The second kappa shape index (κ2) is 8.16. The van der Waals surface area contributed by atoms with Crippen molar-refractivity contribution in [3.8, 4) is 17.2 Å². The molecule has 0 bridgehead atoms. The van der Waals surface area contributed by atoms with Gasteiger partial charge in [0.05, 0.1) is 19.8 Å². The molecule has 5 nitrogen and oxygen atoms in total. The molecule has 0 radical (unpaired) electrons. The molecule has 162 valence electrons. The molecule has 0 unspecified atom stereocenters. The van der Waals surface area contributed by atoms with Gasteiger partial charge in [-0.1, -0.05) is 36.5 Å². The minimum absolute atomic E-state index is 0.305. The summed E-state index contributed by atoms with van der Waals surface area (Å²) < 4.78 is 31.0. The summed E-state index contributed by atoms with van der Waals surface area (Å²) >= 11 is 5.75. The van der Waals surface area contributed by atoms with Gasteiger partial charge in [0.1, 0.15) is 22.7 Å². The number of methoxy groups -OCH3 is 2. The van der Waals surface area contributed by atoms with E-state index in [4.69, 9.17) is 26.4 Å². The fraction of sp³-hybridized carbons (Fsp3) is 0.160. The second-order valence-corrected chi connectivity index (χ2v) is 7.91. The molecular weight excluding hydrogens is 427 g/mol. The van der Waals surface area contributed by atoms with E-state index in [0.717, 1.165) is 28.1 Å². The van der Waals surface area contributed by atoms with Crippen molar-refractivity contribution in [2.24, 2.45) is 0 Å². The molecule has 32 heavy (non-hydrogen) atoms. The first-order valence-corrected chi connectivity index (χ1v) is 10.6. The van der Waals surface area contributed by atoms with E-state index in [1.807, 2.05) is 47.4 Å². The number of thiocarbonyl (C=S) groups is 1. The molecule has 1 N–H and O–H groups in total. The summed E-state index contributed by atoms with van der Waals surface area (Å²) in [6.45, 7) is 0. The molecule has 0 aromatic heterocycles. The van der Waals surface area contributed by atoms with Gasteiger partial charge in [-0.15, -0.1) is 0 Å². The zero-order valence-electron chi connectivity index (χ0n) is 17.6. The first-order valence-electron chi connectivity index (χ1n) is 10.2. The third-order valence-electron chi connectivity index (χ3n) is 5.66. The molecule has 5 rings (SSSR count). The average Bonchev–Trinajstić information content (AvgIpc) is 2.83. The zero-order chi connectivity index (χ0) is 22.2. The Balaban J connectivity index is 1.65. The van der Waals surface area contributed by atoms with Crippen molar-refractivity contribution in [2.75, 3.05) is 19.1 Å². The summed E-state index contributed by atoms with van der Waals surface area (Å²) in [7, 11) is 3.25. The van der Waals surface area contributed by atoms with Crippen LogP contribution in [-0.4, -0.2) is 19.2 Å². The van der Waals surface area contributed by atoms with Gasteiger partial charge in [0.25, 0.3) is 0 Å². The minimum Gasteiger partial charge on any atom is -0.497 e. The Bertz CT molecular complexity index is 1210. The van der Waals surface area contributed by atoms with Crippen LogP contribution in [0.1, 0.15) is 17.3 Å². The Hall–Kier alpha value is -3.58. The Kier molecular flexibility index (Phi) is 5.19. The van der Waals surface area contributed by atoms with Crippen LogP contribution in [0.2, 0.25) is 0 Å². The Morgan fingerprint density at radius 2 is 1.75 bits per heavy atom. The number of anilines is 1. The van der Waals surface area contributed by atoms with E-state index >= 15 is 0 Å². The van der Waals surface area contributed by atoms with Crippen LogP contribution < -0.4 is 24.4 Å². The fourth-order valence-corrected chi connectivity index (χ4v) is 4.32. The van der Waals surface area contributed by atoms with E-state index < -0.39 is 0 Å². The fourth-order valence-electron chi connectivity index (χ4n) is 4.05. The SMILES string of the molecule is COc1ccc([C@H]2NC(=S)C3=C(Oc4c(cccc4OC)C3)N2c2ccc(F)cc2)cc1. The molecule has 0 saturated heterocycles. The molecule has 1 atom stereocenters. The van der Waals surface area contributed by atoms with Crippen LogP contribution in [0.5, 0.6) is 17.2 Å². The average molecular weight is 449 g/mol. The van der Waals surface area contributed by atoms with E-state index in [1.54, 1.807) is 26.4 Å². The standard InChI is InChI=1S/C25H21FN2O3S/c1-29-19-12-6-15(7-13-19)23-27-24(32)20-14-16-4-3-5-21(30-2)22(16)31-25(20)28(23)18-10-8-17(26)9-11-18/h3-13,23H,14H2,1-2H3,(H,27,32)/t23-/m0/s1. The number of benzene rings is 3. The predicted octanol–water partition coefficient (Wildman–Crippen LogP) is 5.13. The molecule has 0 aliphatic carbocycles. The van der Waals surface area contributed by atoms with Gasteiger partial charge in [-0.25, -0.2) is 4.39 Å². The molecule has 7 heteroatoms. The van der Waals surface area contributed by atoms with Crippen molar-refractivity contribution in [1.82, 2.24) is 5.32 Å². The van der Waals surface area contributed by atoms with Gasteiger partial charge in [0.2, 0.25) is 5.88 Å². The first kappa shape index (κ1) is 20.3. The van der Waals surface area contributed by atoms with Crippen LogP contribution in [0.15, 0.2) is 78.2 Å².